The molecule has 1 aliphatic heterocycles. The predicted molar refractivity (Wildman–Crippen MR) is 51.2 cm³/mol. The molecule has 2 rings (SSSR count). The molecule has 0 aromatic heterocycles. The second-order valence-electron chi connectivity index (χ2n) is 2.98. The first kappa shape index (κ1) is 7.80. The molecule has 0 spiro atoms. The number of carbonyl (C=O) groups excluding carboxylic acids is 1. The zero-order chi connectivity index (χ0) is 8.72. The van der Waals surface area contributed by atoms with Crippen molar-refractivity contribution in [1.82, 2.24) is 0 Å². The summed E-state index contributed by atoms with van der Waals surface area (Å²) in [6, 6.07) is 3.99. The maximum atomic E-state index is 11.0. The minimum absolute atomic E-state index is 0.0891. The molecule has 0 bridgehead atoms. The van der Waals surface area contributed by atoms with E-state index >= 15 is 0 Å². The lowest BCUT2D eigenvalue weighted by atomic mass is 10.1. The van der Waals surface area contributed by atoms with E-state index in [0.717, 1.165) is 21.3 Å². The van der Waals surface area contributed by atoms with Gasteiger partial charge in [0.05, 0.1) is 6.42 Å². The Hall–Kier alpha value is -0.830. The van der Waals surface area contributed by atoms with Gasteiger partial charge in [0.15, 0.2) is 0 Å². The number of carbonyl (C=O) groups is 1. The molecule has 0 saturated carbocycles. The minimum Gasteiger partial charge on any atom is -0.325 e. The highest BCUT2D eigenvalue weighted by Crippen LogP contribution is 2.29. The molecule has 0 saturated heterocycles. The molecule has 0 radical (unpaired) electrons. The van der Waals surface area contributed by atoms with E-state index in [4.69, 9.17) is 0 Å². The van der Waals surface area contributed by atoms with Crippen molar-refractivity contribution >= 4 is 27.5 Å². The summed E-state index contributed by atoms with van der Waals surface area (Å²) in [6.45, 7) is 2.00. The standard InChI is InChI=1S/C9H8BrNO/c1-5-2-7(10)3-6-4-8(12)11-9(5)6/h2-3H,4H2,1H3,(H,11,12). The number of amides is 1. The number of nitrogens with one attached hydrogen (secondary N) is 1. The average molecular weight is 226 g/mol. The third kappa shape index (κ3) is 1.14. The van der Waals surface area contributed by atoms with E-state index in [1.165, 1.54) is 0 Å². The van der Waals surface area contributed by atoms with Gasteiger partial charge in [-0.2, -0.15) is 0 Å². The Bertz CT molecular complexity index is 360. The summed E-state index contributed by atoms with van der Waals surface area (Å²) >= 11 is 3.40. The van der Waals surface area contributed by atoms with Crippen LogP contribution >= 0.6 is 15.9 Å². The van der Waals surface area contributed by atoms with Crippen LogP contribution in [-0.2, 0) is 11.2 Å². The van der Waals surface area contributed by atoms with Gasteiger partial charge in [-0.05, 0) is 30.2 Å². The molecule has 0 unspecified atom stereocenters. The Morgan fingerprint density at radius 2 is 2.25 bits per heavy atom. The smallest absolute Gasteiger partial charge is 0.228 e. The van der Waals surface area contributed by atoms with Gasteiger partial charge in [0, 0.05) is 10.2 Å². The quantitative estimate of drug-likeness (QED) is 0.722. The van der Waals surface area contributed by atoms with Gasteiger partial charge in [-0.15, -0.1) is 0 Å². The number of hydrogen-bond acceptors (Lipinski definition) is 1. The monoisotopic (exact) mass is 225 g/mol. The maximum absolute atomic E-state index is 11.0. The van der Waals surface area contributed by atoms with Crippen molar-refractivity contribution in [1.29, 1.82) is 0 Å². The van der Waals surface area contributed by atoms with Gasteiger partial charge in [-0.25, -0.2) is 0 Å². The van der Waals surface area contributed by atoms with E-state index in [2.05, 4.69) is 21.2 Å². The normalized spacial score (nSPS) is 14.3. The van der Waals surface area contributed by atoms with Gasteiger partial charge in [0.1, 0.15) is 0 Å². The van der Waals surface area contributed by atoms with Crippen LogP contribution in [0.15, 0.2) is 16.6 Å². The summed E-state index contributed by atoms with van der Waals surface area (Å²) in [6.07, 6.45) is 0.510. The molecule has 62 valence electrons. The van der Waals surface area contributed by atoms with Crippen molar-refractivity contribution in [2.75, 3.05) is 5.32 Å². The van der Waals surface area contributed by atoms with Crippen molar-refractivity contribution in [3.05, 3.63) is 27.7 Å². The number of rotatable bonds is 0. The number of halogens is 1. The predicted octanol–water partition coefficient (Wildman–Crippen LogP) is 2.25. The van der Waals surface area contributed by atoms with Crippen LogP contribution in [0.3, 0.4) is 0 Å². The van der Waals surface area contributed by atoms with Crippen LogP contribution in [0, 0.1) is 6.92 Å². The lowest BCUT2D eigenvalue weighted by molar-refractivity contribution is -0.115. The highest BCUT2D eigenvalue weighted by atomic mass is 79.9. The third-order valence-electron chi connectivity index (χ3n) is 2.00. The Morgan fingerprint density at radius 1 is 1.50 bits per heavy atom. The molecule has 1 N–H and O–H groups in total. The lowest BCUT2D eigenvalue weighted by Gasteiger charge is -2.03. The molecule has 2 nitrogen and oxygen atoms in total. The first-order valence-electron chi connectivity index (χ1n) is 3.75. The summed E-state index contributed by atoms with van der Waals surface area (Å²) in [5.41, 5.74) is 3.19. The number of anilines is 1. The fourth-order valence-electron chi connectivity index (χ4n) is 1.49. The molecular formula is C9H8BrNO. The van der Waals surface area contributed by atoms with Crippen LogP contribution in [0.2, 0.25) is 0 Å². The number of hydrogen-bond donors (Lipinski definition) is 1. The van der Waals surface area contributed by atoms with Gasteiger partial charge >= 0.3 is 0 Å². The van der Waals surface area contributed by atoms with E-state index in [1.807, 2.05) is 19.1 Å². The van der Waals surface area contributed by atoms with Crippen LogP contribution in [0.4, 0.5) is 5.69 Å². The maximum Gasteiger partial charge on any atom is 0.228 e. The molecule has 1 aliphatic rings. The molecule has 12 heavy (non-hydrogen) atoms. The molecule has 1 heterocycles. The third-order valence-corrected chi connectivity index (χ3v) is 2.46. The van der Waals surface area contributed by atoms with Crippen LogP contribution < -0.4 is 5.32 Å². The van der Waals surface area contributed by atoms with Gasteiger partial charge in [0.2, 0.25) is 5.91 Å². The average Bonchev–Trinajstić information content (AvgIpc) is 2.29. The first-order chi connectivity index (χ1) is 5.66. The van der Waals surface area contributed by atoms with Crippen LogP contribution in [0.25, 0.3) is 0 Å². The Morgan fingerprint density at radius 3 is 3.00 bits per heavy atom. The molecule has 3 heteroatoms. The fourth-order valence-corrected chi connectivity index (χ4v) is 2.11. The highest BCUT2D eigenvalue weighted by Gasteiger charge is 2.19. The molecule has 0 atom stereocenters. The zero-order valence-corrected chi connectivity index (χ0v) is 8.23. The zero-order valence-electron chi connectivity index (χ0n) is 6.65. The van der Waals surface area contributed by atoms with Gasteiger partial charge in [-0.1, -0.05) is 15.9 Å². The molecule has 1 aromatic rings. The van der Waals surface area contributed by atoms with E-state index in [-0.39, 0.29) is 5.91 Å². The molecule has 0 aliphatic carbocycles. The van der Waals surface area contributed by atoms with Crippen molar-refractivity contribution in [3.8, 4) is 0 Å². The summed E-state index contributed by atoms with van der Waals surface area (Å²) < 4.78 is 1.04. The summed E-state index contributed by atoms with van der Waals surface area (Å²) in [7, 11) is 0. The Balaban J connectivity index is 2.59. The summed E-state index contributed by atoms with van der Waals surface area (Å²) in [4.78, 5) is 11.0. The minimum atomic E-state index is 0.0891. The molecule has 1 amide bonds. The lowest BCUT2D eigenvalue weighted by Crippen LogP contribution is -2.04. The Labute approximate surface area is 79.1 Å². The van der Waals surface area contributed by atoms with Crippen molar-refractivity contribution in [2.45, 2.75) is 13.3 Å². The van der Waals surface area contributed by atoms with E-state index in [9.17, 15) is 4.79 Å². The van der Waals surface area contributed by atoms with Crippen LogP contribution in [-0.4, -0.2) is 5.91 Å². The van der Waals surface area contributed by atoms with Gasteiger partial charge in [0.25, 0.3) is 0 Å². The number of aryl methyl sites for hydroxylation is 1. The van der Waals surface area contributed by atoms with Gasteiger partial charge < -0.3 is 5.32 Å². The second kappa shape index (κ2) is 2.59. The largest absolute Gasteiger partial charge is 0.325 e. The van der Waals surface area contributed by atoms with Crippen LogP contribution in [0.1, 0.15) is 11.1 Å². The molecule has 1 aromatic carbocycles. The topological polar surface area (TPSA) is 29.1 Å². The molecular weight excluding hydrogens is 218 g/mol. The number of benzene rings is 1. The Kier molecular flexibility index (Phi) is 1.68. The van der Waals surface area contributed by atoms with Crippen molar-refractivity contribution < 1.29 is 4.79 Å². The number of fused-ring (bicyclic) bond motifs is 1. The van der Waals surface area contributed by atoms with Crippen molar-refractivity contribution in [3.63, 3.8) is 0 Å². The van der Waals surface area contributed by atoms with Gasteiger partial charge in [-0.3, -0.25) is 4.79 Å². The fraction of sp³-hybridized carbons (Fsp3) is 0.222. The van der Waals surface area contributed by atoms with E-state index in [0.29, 0.717) is 6.42 Å². The highest BCUT2D eigenvalue weighted by molar-refractivity contribution is 9.10. The SMILES string of the molecule is Cc1cc(Br)cc2c1NC(=O)C2. The van der Waals surface area contributed by atoms with Crippen molar-refractivity contribution in [2.24, 2.45) is 0 Å². The summed E-state index contributed by atoms with van der Waals surface area (Å²) in [5.74, 6) is 0.0891. The van der Waals surface area contributed by atoms with Crippen LogP contribution in [0.5, 0.6) is 0 Å². The summed E-state index contributed by atoms with van der Waals surface area (Å²) in [5, 5.41) is 2.83. The van der Waals surface area contributed by atoms with E-state index in [1.54, 1.807) is 0 Å². The first-order valence-corrected chi connectivity index (χ1v) is 4.55. The van der Waals surface area contributed by atoms with E-state index < -0.39 is 0 Å². The molecule has 0 fully saturated rings. The second-order valence-corrected chi connectivity index (χ2v) is 3.90.